The van der Waals surface area contributed by atoms with E-state index in [2.05, 4.69) is 4.98 Å². The van der Waals surface area contributed by atoms with Crippen molar-refractivity contribution >= 4 is 17.4 Å². The first-order chi connectivity index (χ1) is 8.56. The number of hydrogen-bond acceptors (Lipinski definition) is 3. The number of nitrogens with one attached hydrogen (secondary N) is 1. The van der Waals surface area contributed by atoms with E-state index in [1.54, 1.807) is 30.5 Å². The van der Waals surface area contributed by atoms with E-state index >= 15 is 0 Å². The molecule has 0 fully saturated rings. The maximum absolute atomic E-state index is 7.50. The average molecular weight is 262 g/mol. The fourth-order valence-corrected chi connectivity index (χ4v) is 1.62. The van der Waals surface area contributed by atoms with Crippen LogP contribution in [-0.2, 0) is 0 Å². The Morgan fingerprint density at radius 2 is 2.11 bits per heavy atom. The molecule has 0 unspecified atom stereocenters. The summed E-state index contributed by atoms with van der Waals surface area (Å²) >= 11 is 5.86. The number of halogens is 1. The molecule has 1 aromatic heterocycles. The number of pyridine rings is 1. The van der Waals surface area contributed by atoms with Crippen molar-refractivity contribution in [2.45, 2.75) is 6.92 Å². The molecule has 0 amide bonds. The van der Waals surface area contributed by atoms with Crippen molar-refractivity contribution in [2.24, 2.45) is 5.73 Å². The highest BCUT2D eigenvalue weighted by molar-refractivity contribution is 6.31. The third kappa shape index (κ3) is 2.78. The SMILES string of the molecule is Cc1ccc(Oc2ccc(Cl)cc2C(=N)N)cn1. The van der Waals surface area contributed by atoms with Crippen LogP contribution in [0.1, 0.15) is 11.3 Å². The summed E-state index contributed by atoms with van der Waals surface area (Å²) in [6, 6.07) is 8.62. The summed E-state index contributed by atoms with van der Waals surface area (Å²) in [6.07, 6.45) is 1.62. The summed E-state index contributed by atoms with van der Waals surface area (Å²) in [5, 5.41) is 8.01. The molecule has 4 nitrogen and oxygen atoms in total. The number of nitrogens with two attached hydrogens (primary N) is 1. The summed E-state index contributed by atoms with van der Waals surface area (Å²) in [5.74, 6) is 0.982. The van der Waals surface area contributed by atoms with Crippen molar-refractivity contribution in [1.29, 1.82) is 5.41 Å². The van der Waals surface area contributed by atoms with E-state index in [9.17, 15) is 0 Å². The van der Waals surface area contributed by atoms with E-state index in [1.807, 2.05) is 13.0 Å². The Hall–Kier alpha value is -2.07. The Kier molecular flexibility index (Phi) is 3.48. The molecule has 1 heterocycles. The molecule has 0 bridgehead atoms. The number of nitrogen functional groups attached to an aromatic ring is 1. The van der Waals surface area contributed by atoms with Crippen LogP contribution in [0.3, 0.4) is 0 Å². The lowest BCUT2D eigenvalue weighted by Gasteiger charge is -2.10. The molecule has 0 aliphatic carbocycles. The third-order valence-electron chi connectivity index (χ3n) is 2.34. The smallest absolute Gasteiger partial charge is 0.145 e. The van der Waals surface area contributed by atoms with E-state index in [0.717, 1.165) is 5.69 Å². The number of ether oxygens (including phenoxy) is 1. The second-order valence-corrected chi connectivity index (χ2v) is 4.23. The van der Waals surface area contributed by atoms with Crippen molar-refractivity contribution in [3.8, 4) is 11.5 Å². The van der Waals surface area contributed by atoms with Crippen LogP contribution in [0.2, 0.25) is 5.02 Å². The van der Waals surface area contributed by atoms with Gasteiger partial charge in [-0.05, 0) is 37.3 Å². The van der Waals surface area contributed by atoms with Gasteiger partial charge in [-0.25, -0.2) is 0 Å². The molecule has 0 aliphatic rings. The zero-order chi connectivity index (χ0) is 13.1. The summed E-state index contributed by atoms with van der Waals surface area (Å²) in [4.78, 5) is 4.13. The predicted octanol–water partition coefficient (Wildman–Crippen LogP) is 3.12. The lowest BCUT2D eigenvalue weighted by molar-refractivity contribution is 0.479. The zero-order valence-corrected chi connectivity index (χ0v) is 10.5. The molecular formula is C13H12ClN3O. The highest BCUT2D eigenvalue weighted by Crippen LogP contribution is 2.27. The summed E-state index contributed by atoms with van der Waals surface area (Å²) < 4.78 is 5.64. The molecule has 2 aromatic rings. The molecule has 92 valence electrons. The number of hydrogen-bond donors (Lipinski definition) is 2. The Bertz CT molecular complexity index is 581. The van der Waals surface area contributed by atoms with Gasteiger partial charge in [0.2, 0.25) is 0 Å². The largest absolute Gasteiger partial charge is 0.455 e. The molecule has 0 saturated heterocycles. The van der Waals surface area contributed by atoms with E-state index in [4.69, 9.17) is 27.5 Å². The van der Waals surface area contributed by atoms with Crippen LogP contribution < -0.4 is 10.5 Å². The molecule has 0 atom stereocenters. The minimum absolute atomic E-state index is 0.0902. The second-order valence-electron chi connectivity index (χ2n) is 3.79. The van der Waals surface area contributed by atoms with Gasteiger partial charge in [0, 0.05) is 10.7 Å². The fourth-order valence-electron chi connectivity index (χ4n) is 1.44. The Morgan fingerprint density at radius 3 is 2.72 bits per heavy atom. The van der Waals surface area contributed by atoms with Crippen LogP contribution >= 0.6 is 11.6 Å². The van der Waals surface area contributed by atoms with Crippen molar-refractivity contribution < 1.29 is 4.74 Å². The number of rotatable bonds is 3. The Labute approximate surface area is 110 Å². The van der Waals surface area contributed by atoms with Gasteiger partial charge in [-0.2, -0.15) is 0 Å². The van der Waals surface area contributed by atoms with Crippen LogP contribution in [0, 0.1) is 12.3 Å². The van der Waals surface area contributed by atoms with Crippen molar-refractivity contribution in [1.82, 2.24) is 4.98 Å². The van der Waals surface area contributed by atoms with E-state index in [0.29, 0.717) is 22.1 Å². The van der Waals surface area contributed by atoms with Crippen molar-refractivity contribution in [2.75, 3.05) is 0 Å². The molecule has 1 aromatic carbocycles. The lowest BCUT2D eigenvalue weighted by atomic mass is 10.2. The maximum atomic E-state index is 7.50. The van der Waals surface area contributed by atoms with Gasteiger partial charge in [-0.1, -0.05) is 11.6 Å². The van der Waals surface area contributed by atoms with E-state index in [-0.39, 0.29) is 5.84 Å². The van der Waals surface area contributed by atoms with Crippen LogP contribution in [0.4, 0.5) is 0 Å². The summed E-state index contributed by atoms with van der Waals surface area (Å²) in [7, 11) is 0. The van der Waals surface area contributed by atoms with Gasteiger partial charge in [0.05, 0.1) is 11.8 Å². The first-order valence-electron chi connectivity index (χ1n) is 5.31. The number of amidine groups is 1. The number of nitrogens with zero attached hydrogens (tertiary/aromatic N) is 1. The van der Waals surface area contributed by atoms with E-state index in [1.165, 1.54) is 0 Å². The molecule has 2 rings (SSSR count). The fraction of sp³-hybridized carbons (Fsp3) is 0.0769. The first-order valence-corrected chi connectivity index (χ1v) is 5.68. The molecule has 0 spiro atoms. The predicted molar refractivity (Wildman–Crippen MR) is 71.5 cm³/mol. The lowest BCUT2D eigenvalue weighted by Crippen LogP contribution is -2.12. The molecule has 0 aliphatic heterocycles. The van der Waals surface area contributed by atoms with Gasteiger partial charge in [0.15, 0.2) is 0 Å². The molecule has 5 heteroatoms. The van der Waals surface area contributed by atoms with Gasteiger partial charge in [0.1, 0.15) is 17.3 Å². The van der Waals surface area contributed by atoms with Crippen molar-refractivity contribution in [3.05, 3.63) is 52.8 Å². The topological polar surface area (TPSA) is 72.0 Å². The molecule has 0 radical (unpaired) electrons. The highest BCUT2D eigenvalue weighted by Gasteiger charge is 2.08. The average Bonchev–Trinajstić information content (AvgIpc) is 2.34. The number of benzene rings is 1. The Morgan fingerprint density at radius 1 is 1.33 bits per heavy atom. The van der Waals surface area contributed by atoms with Gasteiger partial charge in [-0.15, -0.1) is 0 Å². The normalized spacial score (nSPS) is 10.1. The number of aromatic nitrogens is 1. The van der Waals surface area contributed by atoms with E-state index < -0.39 is 0 Å². The third-order valence-corrected chi connectivity index (χ3v) is 2.58. The monoisotopic (exact) mass is 261 g/mol. The van der Waals surface area contributed by atoms with Gasteiger partial charge in [-0.3, -0.25) is 10.4 Å². The molecule has 0 saturated carbocycles. The van der Waals surface area contributed by atoms with Gasteiger partial charge in [0.25, 0.3) is 0 Å². The molecule has 3 N–H and O–H groups in total. The van der Waals surface area contributed by atoms with Crippen LogP contribution in [-0.4, -0.2) is 10.8 Å². The van der Waals surface area contributed by atoms with Crippen LogP contribution in [0.5, 0.6) is 11.5 Å². The zero-order valence-electron chi connectivity index (χ0n) is 9.77. The molecule has 18 heavy (non-hydrogen) atoms. The van der Waals surface area contributed by atoms with Gasteiger partial charge >= 0.3 is 0 Å². The van der Waals surface area contributed by atoms with Crippen LogP contribution in [0.15, 0.2) is 36.5 Å². The minimum Gasteiger partial charge on any atom is -0.455 e. The second kappa shape index (κ2) is 5.06. The van der Waals surface area contributed by atoms with Crippen LogP contribution in [0.25, 0.3) is 0 Å². The van der Waals surface area contributed by atoms with Gasteiger partial charge < -0.3 is 10.5 Å². The highest BCUT2D eigenvalue weighted by atomic mass is 35.5. The summed E-state index contributed by atoms with van der Waals surface area (Å²) in [5.41, 5.74) is 6.86. The standard InChI is InChI=1S/C13H12ClN3O/c1-8-2-4-10(7-17-8)18-12-5-3-9(14)6-11(12)13(15)16/h2-7H,1H3,(H3,15,16). The minimum atomic E-state index is -0.0902. The number of aryl methyl sites for hydroxylation is 1. The maximum Gasteiger partial charge on any atom is 0.145 e. The quantitative estimate of drug-likeness (QED) is 0.659. The summed E-state index contributed by atoms with van der Waals surface area (Å²) in [6.45, 7) is 1.90. The van der Waals surface area contributed by atoms with Crippen molar-refractivity contribution in [3.63, 3.8) is 0 Å². The molecular weight excluding hydrogens is 250 g/mol. The Balaban J connectivity index is 2.34. The first kappa shape index (κ1) is 12.4.